The maximum Gasteiger partial charge on any atom is 0.0771 e. The van der Waals surface area contributed by atoms with Crippen molar-refractivity contribution >= 4 is 0 Å². The molecule has 0 aromatic heterocycles. The number of ether oxygens (including phenoxy) is 1. The molecule has 2 unspecified atom stereocenters. The Labute approximate surface area is 98.6 Å². The smallest absolute Gasteiger partial charge is 0.0771 e. The molecule has 2 N–H and O–H groups in total. The summed E-state index contributed by atoms with van der Waals surface area (Å²) < 4.78 is 5.34. The molecular weight excluding hydrogens is 202 g/mol. The van der Waals surface area contributed by atoms with Crippen molar-refractivity contribution < 1.29 is 9.84 Å². The Kier molecular flexibility index (Phi) is 4.22. The molecule has 1 saturated carbocycles. The van der Waals surface area contributed by atoms with E-state index in [9.17, 15) is 5.11 Å². The molecule has 1 heterocycles. The summed E-state index contributed by atoms with van der Waals surface area (Å²) in [6.45, 7) is 5.50. The lowest BCUT2D eigenvalue weighted by Crippen LogP contribution is -2.44. The van der Waals surface area contributed by atoms with Gasteiger partial charge in [-0.2, -0.15) is 0 Å². The van der Waals surface area contributed by atoms with Crippen molar-refractivity contribution in [2.45, 2.75) is 44.6 Å². The molecule has 0 bridgehead atoms. The van der Waals surface area contributed by atoms with E-state index in [0.29, 0.717) is 11.8 Å². The zero-order valence-electron chi connectivity index (χ0n) is 10.4. The van der Waals surface area contributed by atoms with Crippen molar-refractivity contribution in [1.82, 2.24) is 5.32 Å². The lowest BCUT2D eigenvalue weighted by molar-refractivity contribution is 0.00174. The van der Waals surface area contributed by atoms with Crippen LogP contribution in [0.4, 0.5) is 0 Å². The van der Waals surface area contributed by atoms with Crippen molar-refractivity contribution in [1.29, 1.82) is 0 Å². The van der Waals surface area contributed by atoms with Gasteiger partial charge in [0.1, 0.15) is 0 Å². The number of aliphatic hydroxyl groups is 1. The predicted molar refractivity (Wildman–Crippen MR) is 64.4 cm³/mol. The first kappa shape index (κ1) is 12.3. The highest BCUT2D eigenvalue weighted by Gasteiger charge is 2.33. The van der Waals surface area contributed by atoms with Crippen LogP contribution >= 0.6 is 0 Å². The summed E-state index contributed by atoms with van der Waals surface area (Å²) in [7, 11) is 0. The van der Waals surface area contributed by atoms with Crippen molar-refractivity contribution in [3.05, 3.63) is 0 Å². The lowest BCUT2D eigenvalue weighted by Gasteiger charge is -2.30. The van der Waals surface area contributed by atoms with Crippen LogP contribution in [0.5, 0.6) is 0 Å². The Balaban J connectivity index is 1.66. The van der Waals surface area contributed by atoms with Crippen LogP contribution in [0.25, 0.3) is 0 Å². The topological polar surface area (TPSA) is 41.5 Å². The molecule has 1 aliphatic carbocycles. The summed E-state index contributed by atoms with van der Waals surface area (Å²) in [5, 5.41) is 13.8. The summed E-state index contributed by atoms with van der Waals surface area (Å²) >= 11 is 0. The van der Waals surface area contributed by atoms with Crippen LogP contribution in [0.1, 0.15) is 39.0 Å². The first-order valence-corrected chi connectivity index (χ1v) is 6.69. The average molecular weight is 227 g/mol. The van der Waals surface area contributed by atoms with E-state index in [1.807, 2.05) is 6.92 Å². The second-order valence-corrected chi connectivity index (χ2v) is 5.70. The van der Waals surface area contributed by atoms with Gasteiger partial charge in [-0.05, 0) is 38.0 Å². The van der Waals surface area contributed by atoms with Gasteiger partial charge in [0.15, 0.2) is 0 Å². The van der Waals surface area contributed by atoms with Crippen LogP contribution in [-0.2, 0) is 4.74 Å². The van der Waals surface area contributed by atoms with Gasteiger partial charge in [-0.1, -0.05) is 12.8 Å². The van der Waals surface area contributed by atoms with Gasteiger partial charge in [0.2, 0.25) is 0 Å². The zero-order chi connectivity index (χ0) is 11.4. The predicted octanol–water partition coefficient (Wildman–Crippen LogP) is 1.55. The second kappa shape index (κ2) is 5.48. The SMILES string of the molecule is CC(O)(CNCC1CCOC1)C1CCCC1. The highest BCUT2D eigenvalue weighted by molar-refractivity contribution is 4.87. The van der Waals surface area contributed by atoms with E-state index in [4.69, 9.17) is 4.74 Å². The van der Waals surface area contributed by atoms with Gasteiger partial charge >= 0.3 is 0 Å². The van der Waals surface area contributed by atoms with Crippen molar-refractivity contribution in [2.24, 2.45) is 11.8 Å². The third-order valence-electron chi connectivity index (χ3n) is 4.17. The zero-order valence-corrected chi connectivity index (χ0v) is 10.4. The Bertz CT molecular complexity index is 206. The molecule has 2 fully saturated rings. The van der Waals surface area contributed by atoms with Crippen LogP contribution in [0.15, 0.2) is 0 Å². The van der Waals surface area contributed by atoms with Crippen LogP contribution in [0.2, 0.25) is 0 Å². The summed E-state index contributed by atoms with van der Waals surface area (Å²) in [6.07, 6.45) is 6.13. The maximum atomic E-state index is 10.4. The molecule has 2 rings (SSSR count). The van der Waals surface area contributed by atoms with Gasteiger partial charge < -0.3 is 15.2 Å². The van der Waals surface area contributed by atoms with Crippen molar-refractivity contribution in [2.75, 3.05) is 26.3 Å². The summed E-state index contributed by atoms with van der Waals surface area (Å²) in [5.41, 5.74) is -0.518. The summed E-state index contributed by atoms with van der Waals surface area (Å²) in [4.78, 5) is 0. The Morgan fingerprint density at radius 1 is 1.31 bits per heavy atom. The quantitative estimate of drug-likeness (QED) is 0.749. The monoisotopic (exact) mass is 227 g/mol. The fraction of sp³-hybridized carbons (Fsp3) is 1.00. The summed E-state index contributed by atoms with van der Waals surface area (Å²) in [6, 6.07) is 0. The molecule has 94 valence electrons. The number of rotatable bonds is 5. The minimum absolute atomic E-state index is 0.500. The molecule has 0 aromatic rings. The molecule has 2 atom stereocenters. The molecule has 2 aliphatic rings. The van der Waals surface area contributed by atoms with Gasteiger partial charge in [-0.3, -0.25) is 0 Å². The fourth-order valence-electron chi connectivity index (χ4n) is 2.97. The van der Waals surface area contributed by atoms with E-state index >= 15 is 0 Å². The second-order valence-electron chi connectivity index (χ2n) is 5.70. The van der Waals surface area contributed by atoms with Crippen LogP contribution in [0, 0.1) is 11.8 Å². The molecule has 0 spiro atoms. The molecular formula is C13H25NO2. The first-order valence-electron chi connectivity index (χ1n) is 6.69. The molecule has 3 heteroatoms. The molecule has 0 amide bonds. The van der Waals surface area contributed by atoms with Gasteiger partial charge in [0.05, 0.1) is 12.2 Å². The van der Waals surface area contributed by atoms with Gasteiger partial charge in [-0.25, -0.2) is 0 Å². The standard InChI is InChI=1S/C13H25NO2/c1-13(15,12-4-2-3-5-12)10-14-8-11-6-7-16-9-11/h11-12,14-15H,2-10H2,1H3. The number of hydrogen-bond acceptors (Lipinski definition) is 3. The molecule has 3 nitrogen and oxygen atoms in total. The summed E-state index contributed by atoms with van der Waals surface area (Å²) in [5.74, 6) is 1.15. The molecule has 16 heavy (non-hydrogen) atoms. The number of hydrogen-bond donors (Lipinski definition) is 2. The van der Waals surface area contributed by atoms with Crippen LogP contribution < -0.4 is 5.32 Å². The molecule has 1 aliphatic heterocycles. The fourth-order valence-corrected chi connectivity index (χ4v) is 2.97. The minimum Gasteiger partial charge on any atom is -0.389 e. The Hall–Kier alpha value is -0.120. The highest BCUT2D eigenvalue weighted by Crippen LogP contribution is 2.33. The third kappa shape index (κ3) is 3.19. The van der Waals surface area contributed by atoms with Gasteiger partial charge in [0, 0.05) is 19.7 Å². The van der Waals surface area contributed by atoms with E-state index in [2.05, 4.69) is 5.32 Å². The number of nitrogens with one attached hydrogen (secondary N) is 1. The van der Waals surface area contributed by atoms with Crippen LogP contribution in [-0.4, -0.2) is 37.0 Å². The van der Waals surface area contributed by atoms with Gasteiger partial charge in [-0.15, -0.1) is 0 Å². The van der Waals surface area contributed by atoms with Crippen LogP contribution in [0.3, 0.4) is 0 Å². The maximum absolute atomic E-state index is 10.4. The van der Waals surface area contributed by atoms with Crippen molar-refractivity contribution in [3.8, 4) is 0 Å². The van der Waals surface area contributed by atoms with E-state index < -0.39 is 5.60 Å². The lowest BCUT2D eigenvalue weighted by atomic mass is 9.87. The highest BCUT2D eigenvalue weighted by atomic mass is 16.5. The average Bonchev–Trinajstić information content (AvgIpc) is 2.90. The van der Waals surface area contributed by atoms with E-state index in [0.717, 1.165) is 26.3 Å². The normalized spacial score (nSPS) is 30.8. The third-order valence-corrected chi connectivity index (χ3v) is 4.17. The molecule has 0 aromatic carbocycles. The van der Waals surface area contributed by atoms with E-state index in [-0.39, 0.29) is 0 Å². The Morgan fingerprint density at radius 3 is 2.69 bits per heavy atom. The molecule has 0 radical (unpaired) electrons. The Morgan fingerprint density at radius 2 is 2.06 bits per heavy atom. The largest absolute Gasteiger partial charge is 0.389 e. The van der Waals surface area contributed by atoms with E-state index in [1.165, 1.54) is 32.1 Å². The first-order chi connectivity index (χ1) is 7.68. The molecule has 1 saturated heterocycles. The van der Waals surface area contributed by atoms with E-state index in [1.54, 1.807) is 0 Å². The van der Waals surface area contributed by atoms with Gasteiger partial charge in [0.25, 0.3) is 0 Å². The minimum atomic E-state index is -0.518. The van der Waals surface area contributed by atoms with Crippen molar-refractivity contribution in [3.63, 3.8) is 0 Å².